The quantitative estimate of drug-likeness (QED) is 0.879. The van der Waals surface area contributed by atoms with E-state index in [1.165, 1.54) is 0 Å². The van der Waals surface area contributed by atoms with E-state index in [1.807, 2.05) is 24.3 Å². The molecule has 0 aliphatic heterocycles. The summed E-state index contributed by atoms with van der Waals surface area (Å²) in [5, 5.41) is 0.550. The first-order valence-corrected chi connectivity index (χ1v) is 6.97. The minimum Gasteiger partial charge on any atom is -0.399 e. The molecule has 1 aromatic heterocycles. The number of aromatic nitrogens is 1. The van der Waals surface area contributed by atoms with Gasteiger partial charge in [0.25, 0.3) is 0 Å². The molecule has 1 heterocycles. The fourth-order valence-electron chi connectivity index (χ4n) is 2.55. The molecule has 2 N–H and O–H groups in total. The molecule has 2 aromatic rings. The zero-order chi connectivity index (χ0) is 14.2. The van der Waals surface area contributed by atoms with E-state index in [1.54, 1.807) is 18.5 Å². The van der Waals surface area contributed by atoms with Crippen LogP contribution < -0.4 is 5.73 Å². The molecule has 0 bridgehead atoms. The third kappa shape index (κ3) is 2.29. The maximum Gasteiger partial charge on any atom is 0.147 e. The molecule has 0 radical (unpaired) electrons. The van der Waals surface area contributed by atoms with E-state index in [4.69, 9.17) is 17.3 Å². The first-order chi connectivity index (χ1) is 9.62. The molecule has 1 aliphatic rings. The van der Waals surface area contributed by atoms with Crippen LogP contribution in [-0.2, 0) is 16.6 Å². The van der Waals surface area contributed by atoms with Gasteiger partial charge in [0.1, 0.15) is 5.78 Å². The molecule has 0 unspecified atom stereocenters. The van der Waals surface area contributed by atoms with Crippen LogP contribution in [0.3, 0.4) is 0 Å². The molecule has 0 atom stereocenters. The largest absolute Gasteiger partial charge is 0.399 e. The minimum absolute atomic E-state index is 0.218. The highest BCUT2D eigenvalue weighted by Gasteiger charge is 2.50. The lowest BCUT2D eigenvalue weighted by atomic mass is 9.88. The first kappa shape index (κ1) is 13.1. The molecule has 1 aliphatic carbocycles. The van der Waals surface area contributed by atoms with E-state index < -0.39 is 0 Å². The molecule has 3 rings (SSSR count). The van der Waals surface area contributed by atoms with E-state index in [9.17, 15) is 4.79 Å². The van der Waals surface area contributed by atoms with E-state index in [0.29, 0.717) is 17.1 Å². The Morgan fingerprint density at radius 2 is 1.95 bits per heavy atom. The van der Waals surface area contributed by atoms with Gasteiger partial charge in [-0.15, -0.1) is 0 Å². The highest BCUT2D eigenvalue weighted by atomic mass is 35.5. The van der Waals surface area contributed by atoms with Crippen molar-refractivity contribution in [1.82, 2.24) is 4.98 Å². The number of carbonyl (C=O) groups excluding carboxylic acids is 1. The van der Waals surface area contributed by atoms with Gasteiger partial charge in [0.2, 0.25) is 0 Å². The van der Waals surface area contributed by atoms with Gasteiger partial charge in [0, 0.05) is 24.5 Å². The second kappa shape index (κ2) is 4.91. The van der Waals surface area contributed by atoms with Crippen LogP contribution in [0, 0.1) is 0 Å². The number of halogens is 1. The van der Waals surface area contributed by atoms with Crippen LogP contribution in [0.1, 0.15) is 24.0 Å². The predicted molar refractivity (Wildman–Crippen MR) is 79.7 cm³/mol. The van der Waals surface area contributed by atoms with Crippen molar-refractivity contribution in [2.45, 2.75) is 24.7 Å². The Labute approximate surface area is 122 Å². The molecular weight excluding hydrogens is 272 g/mol. The Morgan fingerprint density at radius 1 is 1.25 bits per heavy atom. The fraction of sp³-hybridized carbons (Fsp3) is 0.250. The molecule has 0 saturated heterocycles. The molecule has 3 nitrogen and oxygen atoms in total. The Balaban J connectivity index is 1.84. The average molecular weight is 287 g/mol. The SMILES string of the molecule is Nc1ccc(C2(C(=O)Cc3ccncc3Cl)CC2)cc1. The van der Waals surface area contributed by atoms with Gasteiger partial charge in [-0.05, 0) is 42.2 Å². The number of carbonyl (C=O) groups is 1. The summed E-state index contributed by atoms with van der Waals surface area (Å²) in [6.45, 7) is 0. The lowest BCUT2D eigenvalue weighted by Crippen LogP contribution is -2.22. The normalized spacial score (nSPS) is 15.8. The molecule has 1 aromatic carbocycles. The number of hydrogen-bond donors (Lipinski definition) is 1. The summed E-state index contributed by atoms with van der Waals surface area (Å²) in [5.41, 5.74) is 7.98. The summed E-state index contributed by atoms with van der Waals surface area (Å²) in [7, 11) is 0. The van der Waals surface area contributed by atoms with Crippen molar-refractivity contribution in [2.24, 2.45) is 0 Å². The number of nitrogens with two attached hydrogens (primary N) is 1. The number of nitrogen functional groups attached to an aromatic ring is 1. The summed E-state index contributed by atoms with van der Waals surface area (Å²) in [4.78, 5) is 16.6. The third-order valence-corrected chi connectivity index (χ3v) is 4.29. The van der Waals surface area contributed by atoms with Gasteiger partial charge in [-0.3, -0.25) is 9.78 Å². The Bertz CT molecular complexity index is 648. The number of ketones is 1. The van der Waals surface area contributed by atoms with E-state index in [2.05, 4.69) is 4.98 Å². The van der Waals surface area contributed by atoms with Gasteiger partial charge in [-0.2, -0.15) is 0 Å². The second-order valence-corrected chi connectivity index (χ2v) is 5.68. The Kier molecular flexibility index (Phi) is 3.22. The molecular formula is C16H15ClN2O. The van der Waals surface area contributed by atoms with Crippen LogP contribution in [0.4, 0.5) is 5.69 Å². The van der Waals surface area contributed by atoms with Gasteiger partial charge >= 0.3 is 0 Å². The van der Waals surface area contributed by atoms with Crippen molar-refractivity contribution in [1.29, 1.82) is 0 Å². The monoisotopic (exact) mass is 286 g/mol. The van der Waals surface area contributed by atoms with Crippen molar-refractivity contribution in [2.75, 3.05) is 5.73 Å². The van der Waals surface area contributed by atoms with Crippen LogP contribution in [0.5, 0.6) is 0 Å². The van der Waals surface area contributed by atoms with Crippen LogP contribution in [0.25, 0.3) is 0 Å². The molecule has 0 amide bonds. The van der Waals surface area contributed by atoms with E-state index in [-0.39, 0.29) is 11.2 Å². The van der Waals surface area contributed by atoms with Gasteiger partial charge in [-0.1, -0.05) is 23.7 Å². The Hall–Kier alpha value is -1.87. The molecule has 1 saturated carbocycles. The first-order valence-electron chi connectivity index (χ1n) is 6.59. The number of hydrogen-bond acceptors (Lipinski definition) is 3. The third-order valence-electron chi connectivity index (χ3n) is 3.95. The molecule has 0 spiro atoms. The van der Waals surface area contributed by atoms with Gasteiger partial charge < -0.3 is 5.73 Å². The van der Waals surface area contributed by atoms with Gasteiger partial charge in [0.15, 0.2) is 0 Å². The van der Waals surface area contributed by atoms with Crippen molar-refractivity contribution in [3.8, 4) is 0 Å². The van der Waals surface area contributed by atoms with Crippen LogP contribution in [0.2, 0.25) is 5.02 Å². The number of pyridine rings is 1. The standard InChI is InChI=1S/C16H15ClN2O/c17-14-10-19-8-5-11(14)9-15(20)16(6-7-16)12-1-3-13(18)4-2-12/h1-5,8,10H,6-7,9,18H2. The molecule has 20 heavy (non-hydrogen) atoms. The van der Waals surface area contributed by atoms with Crippen molar-refractivity contribution in [3.63, 3.8) is 0 Å². The van der Waals surface area contributed by atoms with Gasteiger partial charge in [-0.25, -0.2) is 0 Å². The average Bonchev–Trinajstić information content (AvgIpc) is 3.24. The summed E-state index contributed by atoms with van der Waals surface area (Å²) in [6, 6.07) is 9.41. The topological polar surface area (TPSA) is 56.0 Å². The predicted octanol–water partition coefficient (Wildman–Crippen LogP) is 3.16. The van der Waals surface area contributed by atoms with Crippen molar-refractivity contribution < 1.29 is 4.79 Å². The van der Waals surface area contributed by atoms with E-state index >= 15 is 0 Å². The number of Topliss-reactive ketones (excluding diaryl/α,β-unsaturated/α-hetero) is 1. The number of nitrogens with zero attached hydrogens (tertiary/aromatic N) is 1. The highest BCUT2D eigenvalue weighted by Crippen LogP contribution is 2.49. The summed E-state index contributed by atoms with van der Waals surface area (Å²) in [5.74, 6) is 0.218. The van der Waals surface area contributed by atoms with Crippen LogP contribution >= 0.6 is 11.6 Å². The van der Waals surface area contributed by atoms with Crippen molar-refractivity contribution >= 4 is 23.1 Å². The molecule has 4 heteroatoms. The number of anilines is 1. The zero-order valence-electron chi connectivity index (χ0n) is 11.0. The smallest absolute Gasteiger partial charge is 0.147 e. The lowest BCUT2D eigenvalue weighted by molar-refractivity contribution is -0.120. The second-order valence-electron chi connectivity index (χ2n) is 5.27. The van der Waals surface area contributed by atoms with E-state index in [0.717, 1.165) is 24.0 Å². The number of rotatable bonds is 4. The highest BCUT2D eigenvalue weighted by molar-refractivity contribution is 6.31. The Morgan fingerprint density at radius 3 is 2.55 bits per heavy atom. The summed E-state index contributed by atoms with van der Waals surface area (Å²) >= 11 is 6.07. The number of benzene rings is 1. The van der Waals surface area contributed by atoms with Crippen molar-refractivity contribution in [3.05, 3.63) is 58.9 Å². The molecule has 102 valence electrons. The lowest BCUT2D eigenvalue weighted by Gasteiger charge is -2.15. The summed E-state index contributed by atoms with van der Waals surface area (Å²) < 4.78 is 0. The van der Waals surface area contributed by atoms with Crippen LogP contribution in [0.15, 0.2) is 42.7 Å². The maximum atomic E-state index is 12.6. The molecule has 1 fully saturated rings. The maximum absolute atomic E-state index is 12.6. The van der Waals surface area contributed by atoms with Gasteiger partial charge in [0.05, 0.1) is 10.4 Å². The summed E-state index contributed by atoms with van der Waals surface area (Å²) in [6.07, 6.45) is 5.40. The fourth-order valence-corrected chi connectivity index (χ4v) is 2.73. The minimum atomic E-state index is -0.333. The van der Waals surface area contributed by atoms with Crippen LogP contribution in [-0.4, -0.2) is 10.8 Å². The zero-order valence-corrected chi connectivity index (χ0v) is 11.7.